The van der Waals surface area contributed by atoms with Crippen molar-refractivity contribution in [3.63, 3.8) is 0 Å². The number of aliphatic carboxylic acids is 1. The number of nitrogens with zero attached hydrogens (tertiary/aromatic N) is 1. The predicted molar refractivity (Wildman–Crippen MR) is 59.8 cm³/mol. The molecule has 1 atom stereocenters. The molecule has 0 aliphatic rings. The van der Waals surface area contributed by atoms with Crippen molar-refractivity contribution in [2.75, 3.05) is 20.1 Å². The van der Waals surface area contributed by atoms with E-state index >= 15 is 0 Å². The summed E-state index contributed by atoms with van der Waals surface area (Å²) < 4.78 is 0. The molecular formula is C11H23NO3. The zero-order valence-corrected chi connectivity index (χ0v) is 10.2. The maximum atomic E-state index is 10.7. The molecule has 1 unspecified atom stereocenters. The van der Waals surface area contributed by atoms with Crippen molar-refractivity contribution in [1.29, 1.82) is 0 Å². The zero-order chi connectivity index (χ0) is 12.1. The Kier molecular flexibility index (Phi) is 5.83. The molecule has 0 aliphatic heterocycles. The van der Waals surface area contributed by atoms with E-state index in [1.165, 1.54) is 0 Å². The number of rotatable bonds is 7. The maximum Gasteiger partial charge on any atom is 0.307 e. The fraction of sp³-hybridized carbons (Fsp3) is 0.909. The van der Waals surface area contributed by atoms with Crippen LogP contribution in [0.1, 0.15) is 33.6 Å². The summed E-state index contributed by atoms with van der Waals surface area (Å²) in [5.74, 6) is -1.19. The minimum Gasteiger partial charge on any atom is -0.481 e. The van der Waals surface area contributed by atoms with Gasteiger partial charge < -0.3 is 15.1 Å². The summed E-state index contributed by atoms with van der Waals surface area (Å²) in [6, 6.07) is 0. The van der Waals surface area contributed by atoms with E-state index in [0.717, 1.165) is 0 Å². The Morgan fingerprint density at radius 3 is 2.20 bits per heavy atom. The molecule has 0 aromatic rings. The van der Waals surface area contributed by atoms with E-state index in [1.54, 1.807) is 6.92 Å². The molecule has 0 spiro atoms. The van der Waals surface area contributed by atoms with Gasteiger partial charge in [0.1, 0.15) is 0 Å². The molecule has 2 N–H and O–H groups in total. The molecule has 0 radical (unpaired) electrons. The smallest absolute Gasteiger partial charge is 0.307 e. The Labute approximate surface area is 91.9 Å². The first kappa shape index (κ1) is 14.4. The van der Waals surface area contributed by atoms with Gasteiger partial charge in [0.25, 0.3) is 0 Å². The van der Waals surface area contributed by atoms with Gasteiger partial charge in [-0.05, 0) is 19.9 Å². The van der Waals surface area contributed by atoms with Crippen molar-refractivity contribution < 1.29 is 15.0 Å². The Hall–Kier alpha value is -0.610. The highest BCUT2D eigenvalue weighted by Gasteiger charge is 2.25. The van der Waals surface area contributed by atoms with E-state index in [2.05, 4.69) is 0 Å². The molecule has 0 amide bonds. The summed E-state index contributed by atoms with van der Waals surface area (Å²) in [7, 11) is 1.84. The van der Waals surface area contributed by atoms with Gasteiger partial charge in [-0.1, -0.05) is 20.8 Å². The average molecular weight is 217 g/mol. The van der Waals surface area contributed by atoms with E-state index in [-0.39, 0.29) is 0 Å². The van der Waals surface area contributed by atoms with Crippen molar-refractivity contribution in [2.24, 2.45) is 5.92 Å². The van der Waals surface area contributed by atoms with E-state index in [9.17, 15) is 9.90 Å². The number of carboxylic acids is 1. The van der Waals surface area contributed by atoms with Crippen LogP contribution >= 0.6 is 0 Å². The van der Waals surface area contributed by atoms with Gasteiger partial charge in [0, 0.05) is 13.1 Å². The monoisotopic (exact) mass is 217 g/mol. The third-order valence-corrected chi connectivity index (χ3v) is 2.89. The number of carbonyl (C=O) groups is 1. The molecule has 0 fully saturated rings. The molecule has 4 heteroatoms. The van der Waals surface area contributed by atoms with Gasteiger partial charge in [0.2, 0.25) is 0 Å². The minimum absolute atomic E-state index is 0.395. The van der Waals surface area contributed by atoms with E-state index in [1.807, 2.05) is 25.8 Å². The topological polar surface area (TPSA) is 60.8 Å². The molecule has 0 bridgehead atoms. The van der Waals surface area contributed by atoms with Gasteiger partial charge in [-0.2, -0.15) is 0 Å². The fourth-order valence-electron chi connectivity index (χ4n) is 1.59. The number of likely N-dealkylation sites (N-methyl/N-ethyl adjacent to an activating group) is 1. The zero-order valence-electron chi connectivity index (χ0n) is 10.2. The van der Waals surface area contributed by atoms with Gasteiger partial charge in [0.05, 0.1) is 11.5 Å². The lowest BCUT2D eigenvalue weighted by molar-refractivity contribution is -0.142. The van der Waals surface area contributed by atoms with Crippen molar-refractivity contribution >= 4 is 5.97 Å². The van der Waals surface area contributed by atoms with Gasteiger partial charge >= 0.3 is 5.97 Å². The van der Waals surface area contributed by atoms with E-state index in [4.69, 9.17) is 5.11 Å². The van der Waals surface area contributed by atoms with Crippen LogP contribution in [0.25, 0.3) is 0 Å². The van der Waals surface area contributed by atoms with Crippen molar-refractivity contribution in [3.05, 3.63) is 0 Å². The second-order valence-corrected chi connectivity index (χ2v) is 4.37. The molecule has 0 aliphatic carbocycles. The second kappa shape index (κ2) is 6.08. The van der Waals surface area contributed by atoms with Crippen molar-refractivity contribution in [3.8, 4) is 0 Å². The van der Waals surface area contributed by atoms with Crippen molar-refractivity contribution in [2.45, 2.75) is 39.2 Å². The molecule has 0 rings (SSSR count). The Morgan fingerprint density at radius 2 is 1.87 bits per heavy atom. The first-order valence-electron chi connectivity index (χ1n) is 5.48. The van der Waals surface area contributed by atoms with Crippen LogP contribution in [-0.4, -0.2) is 46.8 Å². The first-order valence-corrected chi connectivity index (χ1v) is 5.48. The average Bonchev–Trinajstić information content (AvgIpc) is 2.17. The lowest BCUT2D eigenvalue weighted by atomic mass is 9.96. The summed E-state index contributed by atoms with van der Waals surface area (Å²) in [5.41, 5.74) is -0.688. The van der Waals surface area contributed by atoms with Crippen LogP contribution in [0.15, 0.2) is 0 Å². The Bertz CT molecular complexity index is 202. The van der Waals surface area contributed by atoms with Crippen LogP contribution in [-0.2, 0) is 4.79 Å². The molecule has 0 saturated carbocycles. The predicted octanol–water partition coefficient (Wildman–Crippen LogP) is 1.19. The van der Waals surface area contributed by atoms with Crippen LogP contribution < -0.4 is 0 Å². The van der Waals surface area contributed by atoms with E-state index in [0.29, 0.717) is 25.9 Å². The third-order valence-electron chi connectivity index (χ3n) is 2.89. The molecule has 0 saturated heterocycles. The van der Waals surface area contributed by atoms with Crippen LogP contribution in [0.3, 0.4) is 0 Å². The SMILES string of the molecule is CCC(O)(CC)CN(C)CC(C)C(=O)O. The number of aliphatic hydroxyl groups is 1. The number of carboxylic acid groups (broad SMARTS) is 1. The van der Waals surface area contributed by atoms with Crippen LogP contribution in [0, 0.1) is 5.92 Å². The van der Waals surface area contributed by atoms with Gasteiger partial charge in [-0.3, -0.25) is 4.79 Å². The Balaban J connectivity index is 4.12. The maximum absolute atomic E-state index is 10.7. The lowest BCUT2D eigenvalue weighted by Crippen LogP contribution is -2.42. The number of hydrogen-bond donors (Lipinski definition) is 2. The summed E-state index contributed by atoms with van der Waals surface area (Å²) in [6.45, 7) is 6.56. The fourth-order valence-corrected chi connectivity index (χ4v) is 1.59. The highest BCUT2D eigenvalue weighted by atomic mass is 16.4. The quantitative estimate of drug-likeness (QED) is 0.672. The first-order chi connectivity index (χ1) is 6.84. The lowest BCUT2D eigenvalue weighted by Gasteiger charge is -2.31. The highest BCUT2D eigenvalue weighted by Crippen LogP contribution is 2.16. The molecule has 0 heterocycles. The molecule has 0 aromatic carbocycles. The summed E-state index contributed by atoms with van der Waals surface area (Å²) >= 11 is 0. The third kappa shape index (κ3) is 5.14. The van der Waals surface area contributed by atoms with Gasteiger partial charge in [-0.15, -0.1) is 0 Å². The largest absolute Gasteiger partial charge is 0.481 e. The Morgan fingerprint density at radius 1 is 1.40 bits per heavy atom. The van der Waals surface area contributed by atoms with E-state index < -0.39 is 17.5 Å². The van der Waals surface area contributed by atoms with Gasteiger partial charge in [0.15, 0.2) is 0 Å². The molecule has 0 aromatic heterocycles. The minimum atomic E-state index is -0.793. The van der Waals surface area contributed by atoms with Gasteiger partial charge in [-0.25, -0.2) is 0 Å². The summed E-state index contributed by atoms with van der Waals surface area (Å²) in [5, 5.41) is 18.8. The van der Waals surface area contributed by atoms with Crippen LogP contribution in [0.4, 0.5) is 0 Å². The normalized spacial score (nSPS) is 14.3. The summed E-state index contributed by atoms with van der Waals surface area (Å²) in [6.07, 6.45) is 1.38. The second-order valence-electron chi connectivity index (χ2n) is 4.37. The highest BCUT2D eigenvalue weighted by molar-refractivity contribution is 5.69. The van der Waals surface area contributed by atoms with Crippen LogP contribution in [0.5, 0.6) is 0 Å². The summed E-state index contributed by atoms with van der Waals surface area (Å²) in [4.78, 5) is 12.5. The molecule has 90 valence electrons. The molecule has 15 heavy (non-hydrogen) atoms. The number of hydrogen-bond acceptors (Lipinski definition) is 3. The molecule has 4 nitrogen and oxygen atoms in total. The molecular weight excluding hydrogens is 194 g/mol. The standard InChI is InChI=1S/C11H23NO3/c1-5-11(15,6-2)8-12(4)7-9(3)10(13)14/h9,15H,5-8H2,1-4H3,(H,13,14). The van der Waals surface area contributed by atoms with Crippen LogP contribution in [0.2, 0.25) is 0 Å². The van der Waals surface area contributed by atoms with Crippen molar-refractivity contribution in [1.82, 2.24) is 4.90 Å².